The number of carboxylic acids is 1. The number of alkyl halides is 1. The van der Waals surface area contributed by atoms with Crippen LogP contribution in [0.3, 0.4) is 0 Å². The average Bonchev–Trinajstić information content (AvgIpc) is 2.03. The Labute approximate surface area is 73.8 Å². The van der Waals surface area contributed by atoms with Crippen molar-refractivity contribution >= 4 is 5.97 Å². The second-order valence-corrected chi connectivity index (χ2v) is 2.62. The van der Waals surface area contributed by atoms with Crippen LogP contribution in [0.5, 0.6) is 0 Å². The molecule has 0 atom stereocenters. The minimum atomic E-state index is -1.10. The van der Waals surface area contributed by atoms with Crippen LogP contribution in [-0.2, 0) is 17.9 Å². The van der Waals surface area contributed by atoms with Gasteiger partial charge in [0.2, 0.25) is 0 Å². The molecule has 13 heavy (non-hydrogen) atoms. The van der Waals surface area contributed by atoms with E-state index in [2.05, 4.69) is 0 Å². The van der Waals surface area contributed by atoms with Gasteiger partial charge in [-0.25, -0.2) is 8.78 Å². The lowest BCUT2D eigenvalue weighted by molar-refractivity contribution is -0.136. The molecule has 0 spiro atoms. The number of aliphatic carboxylic acids is 1. The topological polar surface area (TPSA) is 37.3 Å². The summed E-state index contributed by atoms with van der Waals surface area (Å²) in [6.45, 7) is -0.775. The maximum Gasteiger partial charge on any atom is 0.307 e. The predicted molar refractivity (Wildman–Crippen MR) is 42.6 cm³/mol. The van der Waals surface area contributed by atoms with Crippen molar-refractivity contribution < 1.29 is 18.7 Å². The molecular weight excluding hydrogens is 178 g/mol. The fraction of sp³-hybridized carbons (Fsp3) is 0.222. The normalized spacial score (nSPS) is 10.0. The van der Waals surface area contributed by atoms with Gasteiger partial charge in [-0.3, -0.25) is 4.79 Å². The van der Waals surface area contributed by atoms with Crippen molar-refractivity contribution in [2.45, 2.75) is 13.1 Å². The Bertz CT molecular complexity index is 323. The van der Waals surface area contributed by atoms with E-state index >= 15 is 0 Å². The van der Waals surface area contributed by atoms with Crippen LogP contribution in [0.15, 0.2) is 18.2 Å². The van der Waals surface area contributed by atoms with Gasteiger partial charge in [0, 0.05) is 0 Å². The Morgan fingerprint density at radius 3 is 2.62 bits per heavy atom. The van der Waals surface area contributed by atoms with Gasteiger partial charge in [0.25, 0.3) is 0 Å². The molecule has 0 saturated carbocycles. The van der Waals surface area contributed by atoms with Crippen LogP contribution < -0.4 is 0 Å². The molecule has 0 fully saturated rings. The molecule has 0 aromatic heterocycles. The second-order valence-electron chi connectivity index (χ2n) is 2.62. The van der Waals surface area contributed by atoms with Crippen molar-refractivity contribution in [1.82, 2.24) is 0 Å². The van der Waals surface area contributed by atoms with Gasteiger partial charge in [0.1, 0.15) is 12.5 Å². The summed E-state index contributed by atoms with van der Waals surface area (Å²) < 4.78 is 24.9. The number of hydrogen-bond acceptors (Lipinski definition) is 1. The maximum atomic E-state index is 12.6. The number of benzene rings is 1. The van der Waals surface area contributed by atoms with E-state index in [4.69, 9.17) is 5.11 Å². The number of carboxylic acid groups (broad SMARTS) is 1. The molecule has 70 valence electrons. The highest BCUT2D eigenvalue weighted by Crippen LogP contribution is 2.13. The van der Waals surface area contributed by atoms with Crippen molar-refractivity contribution in [2.24, 2.45) is 0 Å². The van der Waals surface area contributed by atoms with Gasteiger partial charge in [0.05, 0.1) is 6.42 Å². The van der Waals surface area contributed by atoms with Crippen LogP contribution in [-0.4, -0.2) is 11.1 Å². The van der Waals surface area contributed by atoms with Crippen molar-refractivity contribution in [2.75, 3.05) is 0 Å². The molecule has 0 aliphatic heterocycles. The highest BCUT2D eigenvalue weighted by Gasteiger charge is 2.07. The SMILES string of the molecule is O=C(O)Cc1cc(F)ccc1CF. The first-order valence-corrected chi connectivity index (χ1v) is 3.68. The average molecular weight is 186 g/mol. The quantitative estimate of drug-likeness (QED) is 0.783. The first-order valence-electron chi connectivity index (χ1n) is 3.68. The smallest absolute Gasteiger partial charge is 0.307 e. The Balaban J connectivity index is 3.01. The molecule has 1 N–H and O–H groups in total. The summed E-state index contributed by atoms with van der Waals surface area (Å²) in [5.74, 6) is -1.64. The molecule has 1 aromatic rings. The lowest BCUT2D eigenvalue weighted by Gasteiger charge is -2.03. The second kappa shape index (κ2) is 3.98. The summed E-state index contributed by atoms with van der Waals surface area (Å²) >= 11 is 0. The number of rotatable bonds is 3. The summed E-state index contributed by atoms with van der Waals surface area (Å²) in [5, 5.41) is 8.43. The standard InChI is InChI=1S/C9H8F2O2/c10-5-6-1-2-8(11)3-7(6)4-9(12)13/h1-3H,4-5H2,(H,12,13). The minimum absolute atomic E-state index is 0.190. The van der Waals surface area contributed by atoms with Crippen LogP contribution in [0.2, 0.25) is 0 Å². The van der Waals surface area contributed by atoms with Crippen LogP contribution >= 0.6 is 0 Å². The van der Waals surface area contributed by atoms with Gasteiger partial charge in [-0.1, -0.05) is 6.07 Å². The van der Waals surface area contributed by atoms with E-state index in [9.17, 15) is 13.6 Å². The van der Waals surface area contributed by atoms with E-state index in [0.717, 1.165) is 12.1 Å². The van der Waals surface area contributed by atoms with Gasteiger partial charge in [-0.05, 0) is 23.3 Å². The Hall–Kier alpha value is -1.45. The van der Waals surface area contributed by atoms with Gasteiger partial charge >= 0.3 is 5.97 Å². The van der Waals surface area contributed by atoms with Crippen LogP contribution in [0.25, 0.3) is 0 Å². The van der Waals surface area contributed by atoms with E-state index in [1.165, 1.54) is 6.07 Å². The number of halogens is 2. The van der Waals surface area contributed by atoms with Gasteiger partial charge in [0.15, 0.2) is 0 Å². The molecule has 0 heterocycles. The van der Waals surface area contributed by atoms with E-state index in [1.54, 1.807) is 0 Å². The van der Waals surface area contributed by atoms with Crippen LogP contribution in [0.1, 0.15) is 11.1 Å². The predicted octanol–water partition coefficient (Wildman–Crippen LogP) is 1.92. The number of carbonyl (C=O) groups is 1. The summed E-state index contributed by atoms with van der Waals surface area (Å²) in [5.41, 5.74) is 0.416. The zero-order valence-corrected chi connectivity index (χ0v) is 6.76. The molecule has 0 aliphatic carbocycles. The fourth-order valence-electron chi connectivity index (χ4n) is 1.05. The Kier molecular flexibility index (Phi) is 2.95. The van der Waals surface area contributed by atoms with Crippen molar-refractivity contribution in [3.05, 3.63) is 35.1 Å². The number of hydrogen-bond donors (Lipinski definition) is 1. The maximum absolute atomic E-state index is 12.6. The monoisotopic (exact) mass is 186 g/mol. The third-order valence-corrected chi connectivity index (χ3v) is 1.65. The summed E-state index contributed by atoms with van der Waals surface area (Å²) in [6, 6.07) is 3.41. The summed E-state index contributed by atoms with van der Waals surface area (Å²) in [7, 11) is 0. The lowest BCUT2D eigenvalue weighted by atomic mass is 10.1. The Morgan fingerprint density at radius 1 is 1.38 bits per heavy atom. The molecule has 0 aliphatic rings. The van der Waals surface area contributed by atoms with Crippen molar-refractivity contribution in [1.29, 1.82) is 0 Å². The van der Waals surface area contributed by atoms with E-state index < -0.39 is 18.5 Å². The fourth-order valence-corrected chi connectivity index (χ4v) is 1.05. The van der Waals surface area contributed by atoms with Gasteiger partial charge < -0.3 is 5.11 Å². The summed E-state index contributed by atoms with van der Waals surface area (Å²) in [6.07, 6.45) is -0.350. The first kappa shape index (κ1) is 9.64. The molecule has 0 saturated heterocycles. The Morgan fingerprint density at radius 2 is 2.08 bits per heavy atom. The van der Waals surface area contributed by atoms with Gasteiger partial charge in [-0.15, -0.1) is 0 Å². The summed E-state index contributed by atoms with van der Waals surface area (Å²) in [4.78, 5) is 10.3. The van der Waals surface area contributed by atoms with Gasteiger partial charge in [-0.2, -0.15) is 0 Å². The molecule has 0 amide bonds. The lowest BCUT2D eigenvalue weighted by Crippen LogP contribution is -2.03. The highest BCUT2D eigenvalue weighted by molar-refractivity contribution is 5.70. The molecule has 4 heteroatoms. The third kappa shape index (κ3) is 2.50. The molecular formula is C9H8F2O2. The van der Waals surface area contributed by atoms with Crippen LogP contribution in [0, 0.1) is 5.82 Å². The third-order valence-electron chi connectivity index (χ3n) is 1.65. The highest BCUT2D eigenvalue weighted by atomic mass is 19.1. The first-order chi connectivity index (χ1) is 6.13. The zero-order chi connectivity index (χ0) is 9.84. The molecule has 0 radical (unpaired) electrons. The van der Waals surface area contributed by atoms with E-state index in [1.807, 2.05) is 0 Å². The van der Waals surface area contributed by atoms with Crippen molar-refractivity contribution in [3.8, 4) is 0 Å². The largest absolute Gasteiger partial charge is 0.481 e. The molecule has 2 nitrogen and oxygen atoms in total. The van der Waals surface area contributed by atoms with E-state index in [-0.39, 0.29) is 17.5 Å². The zero-order valence-electron chi connectivity index (χ0n) is 6.76. The van der Waals surface area contributed by atoms with Crippen molar-refractivity contribution in [3.63, 3.8) is 0 Å². The molecule has 0 unspecified atom stereocenters. The molecule has 0 bridgehead atoms. The van der Waals surface area contributed by atoms with E-state index in [0.29, 0.717) is 0 Å². The van der Waals surface area contributed by atoms with Crippen LogP contribution in [0.4, 0.5) is 8.78 Å². The molecule has 1 rings (SSSR count). The molecule has 1 aromatic carbocycles. The minimum Gasteiger partial charge on any atom is -0.481 e.